The van der Waals surface area contributed by atoms with E-state index in [1.54, 1.807) is 18.9 Å². The van der Waals surface area contributed by atoms with Crippen LogP contribution in [0.5, 0.6) is 0 Å². The van der Waals surface area contributed by atoms with Crippen molar-refractivity contribution in [1.29, 1.82) is 0 Å². The van der Waals surface area contributed by atoms with Crippen LogP contribution < -0.4 is 11.1 Å². The summed E-state index contributed by atoms with van der Waals surface area (Å²) in [7, 11) is 1.70. The van der Waals surface area contributed by atoms with Gasteiger partial charge in [-0.05, 0) is 12.5 Å². The second-order valence-electron chi connectivity index (χ2n) is 4.85. The molecule has 3 N–H and O–H groups in total. The van der Waals surface area contributed by atoms with Gasteiger partial charge in [0.2, 0.25) is 11.8 Å². The number of amides is 2. The van der Waals surface area contributed by atoms with E-state index in [4.69, 9.17) is 5.73 Å². The number of hydrogen-bond donors (Lipinski definition) is 2. The molecule has 1 aromatic carbocycles. The Labute approximate surface area is 132 Å². The molecule has 0 saturated heterocycles. The molecule has 1 aromatic rings. The maximum absolute atomic E-state index is 12.0. The number of carbonyl (C=O) groups excluding carboxylic acids is 2. The third-order valence-electron chi connectivity index (χ3n) is 3.45. The minimum atomic E-state index is -0.392. The second kappa shape index (κ2) is 9.37. The molecule has 0 fully saturated rings. The van der Waals surface area contributed by atoms with Crippen LogP contribution in [0.3, 0.4) is 0 Å². The SMILES string of the molecule is CCN(C)C(=O)CNC(=O)C(C)C(N)c1ccccc1.Cl. The average Bonchev–Trinajstić information content (AvgIpc) is 2.50. The van der Waals surface area contributed by atoms with Crippen LogP contribution in [-0.4, -0.2) is 36.9 Å². The Balaban J connectivity index is 0.00000400. The Hall–Kier alpha value is -1.59. The van der Waals surface area contributed by atoms with Gasteiger partial charge in [-0.3, -0.25) is 9.59 Å². The van der Waals surface area contributed by atoms with Crippen molar-refractivity contribution in [2.45, 2.75) is 19.9 Å². The second-order valence-corrected chi connectivity index (χ2v) is 4.85. The highest BCUT2D eigenvalue weighted by Crippen LogP contribution is 2.18. The first-order chi connectivity index (χ1) is 9.47. The number of rotatable bonds is 6. The number of carbonyl (C=O) groups is 2. The van der Waals surface area contributed by atoms with Gasteiger partial charge < -0.3 is 16.0 Å². The molecule has 6 heteroatoms. The Morgan fingerprint density at radius 1 is 1.29 bits per heavy atom. The number of nitrogens with two attached hydrogens (primary N) is 1. The van der Waals surface area contributed by atoms with Crippen molar-refractivity contribution in [2.75, 3.05) is 20.1 Å². The van der Waals surface area contributed by atoms with E-state index < -0.39 is 5.92 Å². The van der Waals surface area contributed by atoms with Gasteiger partial charge in [0, 0.05) is 19.6 Å². The van der Waals surface area contributed by atoms with E-state index in [-0.39, 0.29) is 36.8 Å². The first-order valence-corrected chi connectivity index (χ1v) is 6.79. The molecule has 0 aliphatic carbocycles. The summed E-state index contributed by atoms with van der Waals surface area (Å²) in [5, 5.41) is 2.64. The molecule has 0 radical (unpaired) electrons. The molecule has 0 bridgehead atoms. The Bertz CT molecular complexity index is 453. The summed E-state index contributed by atoms with van der Waals surface area (Å²) in [5.74, 6) is -0.710. The molecule has 0 spiro atoms. The first-order valence-electron chi connectivity index (χ1n) is 6.79. The minimum Gasteiger partial charge on any atom is -0.347 e. The van der Waals surface area contributed by atoms with Crippen LogP contribution in [0.2, 0.25) is 0 Å². The van der Waals surface area contributed by atoms with Gasteiger partial charge >= 0.3 is 0 Å². The lowest BCUT2D eigenvalue weighted by Gasteiger charge is -2.20. The fraction of sp³-hybridized carbons (Fsp3) is 0.467. The van der Waals surface area contributed by atoms with Crippen LogP contribution in [0, 0.1) is 5.92 Å². The molecule has 21 heavy (non-hydrogen) atoms. The van der Waals surface area contributed by atoms with Crippen molar-refractivity contribution in [3.63, 3.8) is 0 Å². The smallest absolute Gasteiger partial charge is 0.241 e. The fourth-order valence-corrected chi connectivity index (χ4v) is 1.76. The lowest BCUT2D eigenvalue weighted by molar-refractivity contribution is -0.132. The van der Waals surface area contributed by atoms with Crippen LogP contribution in [0.25, 0.3) is 0 Å². The molecular formula is C15H24ClN3O2. The van der Waals surface area contributed by atoms with Crippen LogP contribution in [0.15, 0.2) is 30.3 Å². The zero-order valence-corrected chi connectivity index (χ0v) is 13.5. The zero-order chi connectivity index (χ0) is 15.1. The van der Waals surface area contributed by atoms with E-state index in [2.05, 4.69) is 5.32 Å². The minimum absolute atomic E-state index is 0. The predicted molar refractivity (Wildman–Crippen MR) is 86.1 cm³/mol. The third-order valence-corrected chi connectivity index (χ3v) is 3.45. The molecule has 1 rings (SSSR count). The molecule has 118 valence electrons. The number of nitrogens with one attached hydrogen (secondary N) is 1. The monoisotopic (exact) mass is 313 g/mol. The van der Waals surface area contributed by atoms with Crippen LogP contribution in [0.1, 0.15) is 25.5 Å². The standard InChI is InChI=1S/C15H23N3O2.ClH/c1-4-18(3)13(19)10-17-15(20)11(2)14(16)12-8-6-5-7-9-12;/h5-9,11,14H,4,10,16H2,1-3H3,(H,17,20);1H. The van der Waals surface area contributed by atoms with Crippen LogP contribution in [-0.2, 0) is 9.59 Å². The highest BCUT2D eigenvalue weighted by Gasteiger charge is 2.22. The first kappa shape index (κ1) is 19.4. The van der Waals surface area contributed by atoms with Crippen molar-refractivity contribution in [3.05, 3.63) is 35.9 Å². The summed E-state index contributed by atoms with van der Waals surface area (Å²) < 4.78 is 0. The van der Waals surface area contributed by atoms with Gasteiger partial charge in [0.1, 0.15) is 0 Å². The van der Waals surface area contributed by atoms with Crippen molar-refractivity contribution in [1.82, 2.24) is 10.2 Å². The summed E-state index contributed by atoms with van der Waals surface area (Å²) in [4.78, 5) is 25.2. The van der Waals surface area contributed by atoms with E-state index in [1.807, 2.05) is 37.3 Å². The summed E-state index contributed by atoms with van der Waals surface area (Å²) in [6, 6.07) is 9.09. The van der Waals surface area contributed by atoms with Crippen molar-refractivity contribution in [2.24, 2.45) is 11.7 Å². The van der Waals surface area contributed by atoms with Gasteiger partial charge in [0.15, 0.2) is 0 Å². The van der Waals surface area contributed by atoms with Gasteiger partial charge in [-0.2, -0.15) is 0 Å². The molecule has 2 atom stereocenters. The topological polar surface area (TPSA) is 75.4 Å². The normalized spacial score (nSPS) is 12.8. The van der Waals surface area contributed by atoms with Crippen molar-refractivity contribution < 1.29 is 9.59 Å². The van der Waals surface area contributed by atoms with Gasteiger partial charge in [-0.15, -0.1) is 12.4 Å². The average molecular weight is 314 g/mol. The summed E-state index contributed by atoms with van der Waals surface area (Å²) in [6.45, 7) is 4.28. The van der Waals surface area contributed by atoms with Crippen molar-refractivity contribution in [3.8, 4) is 0 Å². The van der Waals surface area contributed by atoms with Crippen LogP contribution in [0.4, 0.5) is 0 Å². The Morgan fingerprint density at radius 3 is 2.38 bits per heavy atom. The lowest BCUT2D eigenvalue weighted by Crippen LogP contribution is -2.42. The molecule has 2 amide bonds. The fourth-order valence-electron chi connectivity index (χ4n) is 1.76. The number of likely N-dealkylation sites (N-methyl/N-ethyl adjacent to an activating group) is 1. The summed E-state index contributed by atoms with van der Waals surface area (Å²) in [5.41, 5.74) is 6.99. The maximum Gasteiger partial charge on any atom is 0.241 e. The largest absolute Gasteiger partial charge is 0.347 e. The maximum atomic E-state index is 12.0. The quantitative estimate of drug-likeness (QED) is 0.832. The molecule has 2 unspecified atom stereocenters. The molecule has 0 heterocycles. The third kappa shape index (κ3) is 5.73. The number of halogens is 1. The molecule has 0 aromatic heterocycles. The molecule has 0 aliphatic heterocycles. The van der Waals surface area contributed by atoms with E-state index in [0.717, 1.165) is 5.56 Å². The van der Waals surface area contributed by atoms with Gasteiger partial charge in [-0.25, -0.2) is 0 Å². The summed E-state index contributed by atoms with van der Waals surface area (Å²) in [6.07, 6.45) is 0. The number of benzene rings is 1. The summed E-state index contributed by atoms with van der Waals surface area (Å²) >= 11 is 0. The molecule has 0 saturated carbocycles. The Morgan fingerprint density at radius 2 is 1.86 bits per heavy atom. The van der Waals surface area contributed by atoms with E-state index in [1.165, 1.54) is 0 Å². The van der Waals surface area contributed by atoms with E-state index in [0.29, 0.717) is 6.54 Å². The molecule has 0 aliphatic rings. The van der Waals surface area contributed by atoms with Crippen LogP contribution >= 0.6 is 12.4 Å². The van der Waals surface area contributed by atoms with Gasteiger partial charge in [-0.1, -0.05) is 37.3 Å². The zero-order valence-electron chi connectivity index (χ0n) is 12.7. The Kier molecular flexibility index (Phi) is 8.66. The van der Waals surface area contributed by atoms with Crippen molar-refractivity contribution >= 4 is 24.2 Å². The van der Waals surface area contributed by atoms with Gasteiger partial charge in [0.25, 0.3) is 0 Å². The van der Waals surface area contributed by atoms with E-state index >= 15 is 0 Å². The van der Waals surface area contributed by atoms with Gasteiger partial charge in [0.05, 0.1) is 12.5 Å². The number of nitrogens with zero attached hydrogens (tertiary/aromatic N) is 1. The lowest BCUT2D eigenvalue weighted by atomic mass is 9.95. The number of hydrogen-bond acceptors (Lipinski definition) is 3. The highest BCUT2D eigenvalue weighted by molar-refractivity contribution is 5.86. The highest BCUT2D eigenvalue weighted by atomic mass is 35.5. The predicted octanol–water partition coefficient (Wildman–Crippen LogP) is 1.34. The van der Waals surface area contributed by atoms with E-state index in [9.17, 15) is 9.59 Å². The molecular weight excluding hydrogens is 290 g/mol. The molecule has 5 nitrogen and oxygen atoms in total.